The van der Waals surface area contributed by atoms with Gasteiger partial charge in [0.25, 0.3) is 0 Å². The molecule has 0 aromatic heterocycles. The monoisotopic (exact) mass is 733 g/mol. The minimum absolute atomic E-state index is 0. The van der Waals surface area contributed by atoms with E-state index < -0.39 is 0 Å². The molecular formula is C32H72N2O4W-6. The summed E-state index contributed by atoms with van der Waals surface area (Å²) in [6.07, 6.45) is 22.1. The normalized spacial score (nSPS) is 10.5. The van der Waals surface area contributed by atoms with Crippen LogP contribution in [0.5, 0.6) is 0 Å². The Bertz CT molecular complexity index is 293. The van der Waals surface area contributed by atoms with Crippen LogP contribution < -0.4 is 0 Å². The van der Waals surface area contributed by atoms with Crippen molar-refractivity contribution in [2.75, 3.05) is 52.4 Å². The van der Waals surface area contributed by atoms with Crippen molar-refractivity contribution in [1.29, 1.82) is 0 Å². The average Bonchev–Trinajstić information content (AvgIpc) is 2.87. The number of hydrogen-bond donors (Lipinski definition) is 0. The molecule has 0 fully saturated rings. The molecule has 0 spiro atoms. The third-order valence-electron chi connectivity index (χ3n) is 7.89. The van der Waals surface area contributed by atoms with Crippen molar-refractivity contribution in [2.45, 2.75) is 158 Å². The molecule has 0 heterocycles. The molecule has 0 aliphatic heterocycles. The van der Waals surface area contributed by atoms with Gasteiger partial charge in [0, 0.05) is 21.1 Å². The van der Waals surface area contributed by atoms with Gasteiger partial charge in [0.05, 0.1) is 52.4 Å². The summed E-state index contributed by atoms with van der Waals surface area (Å²) in [6.45, 7) is 30.0. The van der Waals surface area contributed by atoms with Gasteiger partial charge >= 0.3 is 0 Å². The van der Waals surface area contributed by atoms with E-state index in [-0.39, 0.29) is 43.0 Å². The van der Waals surface area contributed by atoms with Gasteiger partial charge in [-0.2, -0.15) is 0 Å². The fourth-order valence-electron chi connectivity index (χ4n) is 5.29. The summed E-state index contributed by atoms with van der Waals surface area (Å²) >= 11 is 0. The second kappa shape index (κ2) is 40.6. The molecule has 0 aliphatic rings. The maximum Gasteiger partial charge on any atom is 0.0786 e. The molecule has 0 rings (SSSR count). The summed E-state index contributed by atoms with van der Waals surface area (Å²) in [5.41, 5.74) is 0. The van der Waals surface area contributed by atoms with Crippen LogP contribution in [0.25, 0.3) is 0 Å². The van der Waals surface area contributed by atoms with Crippen molar-refractivity contribution in [3.63, 3.8) is 0 Å². The van der Waals surface area contributed by atoms with Crippen molar-refractivity contribution >= 4 is 0 Å². The van der Waals surface area contributed by atoms with E-state index in [9.17, 15) is 0 Å². The van der Waals surface area contributed by atoms with Gasteiger partial charge < -0.3 is 30.9 Å². The molecule has 0 saturated heterocycles. The first-order valence-corrected chi connectivity index (χ1v) is 16.2. The Morgan fingerprint density at radius 2 is 0.359 bits per heavy atom. The molecule has 0 aromatic rings. The molecule has 7 heteroatoms. The van der Waals surface area contributed by atoms with E-state index >= 15 is 0 Å². The third kappa shape index (κ3) is 31.2. The third-order valence-corrected chi connectivity index (χ3v) is 7.89. The zero-order chi connectivity index (χ0) is 26.0. The average molecular weight is 733 g/mol. The first kappa shape index (κ1) is 55.4. The van der Waals surface area contributed by atoms with Gasteiger partial charge in [-0.05, 0) is 51.4 Å². The fraction of sp³-hybridized carbons (Fsp3) is 1.00. The first-order valence-electron chi connectivity index (χ1n) is 16.2. The number of hydrogen-bond acceptors (Lipinski definition) is 0. The Morgan fingerprint density at radius 3 is 0.436 bits per heavy atom. The molecule has 6 nitrogen and oxygen atoms in total. The standard InChI is InChI=1S/2C16H36N.4O.W/c2*1-5-9-13-17(14-10-6-2,15-11-7-3)16-12-8-4;;;;;/h2*5-16H2,1-4H3;;;;;/q2*+1;4*-2;. The van der Waals surface area contributed by atoms with E-state index in [4.69, 9.17) is 0 Å². The summed E-state index contributed by atoms with van der Waals surface area (Å²) in [5, 5.41) is 0. The molecule has 39 heavy (non-hydrogen) atoms. The quantitative estimate of drug-likeness (QED) is 0.0881. The molecule has 0 atom stereocenters. The Kier molecular flexibility index (Phi) is 57.6. The Hall–Kier alpha value is 0.448. The summed E-state index contributed by atoms with van der Waals surface area (Å²) in [4.78, 5) is 0. The maximum absolute atomic E-state index is 2.33. The second-order valence-electron chi connectivity index (χ2n) is 11.3. The molecular weight excluding hydrogens is 660 g/mol. The fourth-order valence-corrected chi connectivity index (χ4v) is 5.29. The van der Waals surface area contributed by atoms with Gasteiger partial charge in [0.2, 0.25) is 0 Å². The summed E-state index contributed by atoms with van der Waals surface area (Å²) < 4.78 is 2.84. The predicted octanol–water partition coefficient (Wildman–Crippen LogP) is 9.53. The zero-order valence-corrected chi connectivity index (χ0v) is 30.8. The van der Waals surface area contributed by atoms with E-state index in [0.29, 0.717) is 0 Å². The van der Waals surface area contributed by atoms with Crippen LogP contribution in [-0.2, 0) is 43.0 Å². The van der Waals surface area contributed by atoms with Gasteiger partial charge in [-0.25, -0.2) is 0 Å². The van der Waals surface area contributed by atoms with Crippen molar-refractivity contribution in [3.05, 3.63) is 0 Å². The van der Waals surface area contributed by atoms with E-state index in [1.54, 1.807) is 0 Å². The first-order chi connectivity index (χ1) is 16.5. The molecule has 0 saturated carbocycles. The Balaban J connectivity index is -0.0000000931. The number of unbranched alkanes of at least 4 members (excludes halogenated alkanes) is 8. The van der Waals surface area contributed by atoms with E-state index in [1.165, 1.54) is 164 Å². The van der Waals surface area contributed by atoms with Crippen molar-refractivity contribution in [3.8, 4) is 0 Å². The molecule has 0 unspecified atom stereocenters. The predicted molar refractivity (Wildman–Crippen MR) is 161 cm³/mol. The molecule has 246 valence electrons. The Labute approximate surface area is 261 Å². The van der Waals surface area contributed by atoms with Crippen molar-refractivity contribution in [1.82, 2.24) is 0 Å². The maximum atomic E-state index is 2.33. The van der Waals surface area contributed by atoms with Crippen LogP contribution in [-0.4, -0.2) is 61.3 Å². The van der Waals surface area contributed by atoms with Gasteiger partial charge in [-0.15, -0.1) is 0 Å². The van der Waals surface area contributed by atoms with Crippen LogP contribution in [0, 0.1) is 0 Å². The molecule has 0 aliphatic carbocycles. The van der Waals surface area contributed by atoms with Crippen LogP contribution in [0.15, 0.2) is 0 Å². The number of quaternary nitrogens is 2. The largest absolute Gasteiger partial charge is 2.00 e. The van der Waals surface area contributed by atoms with Gasteiger partial charge in [-0.3, -0.25) is 0 Å². The molecule has 0 amide bonds. The topological polar surface area (TPSA) is 114 Å². The van der Waals surface area contributed by atoms with Crippen LogP contribution in [0.1, 0.15) is 158 Å². The van der Waals surface area contributed by atoms with E-state index in [2.05, 4.69) is 55.4 Å². The molecule has 0 N–H and O–H groups in total. The summed E-state index contributed by atoms with van der Waals surface area (Å²) in [6, 6.07) is 0. The zero-order valence-electron chi connectivity index (χ0n) is 27.9. The van der Waals surface area contributed by atoms with Gasteiger partial charge in [0.1, 0.15) is 0 Å². The SMILES string of the molecule is CCCC[N+](CCCC)(CCCC)CCCC.CCCC[N+](CCCC)(CCCC)CCCC.[O-2].[O-2].[O-2].[O-2].[W]. The molecule has 0 radical (unpaired) electrons. The van der Waals surface area contributed by atoms with Crippen LogP contribution in [0.2, 0.25) is 0 Å². The minimum atomic E-state index is 0. The number of nitrogens with zero attached hydrogens (tertiary/aromatic N) is 2. The van der Waals surface area contributed by atoms with Crippen LogP contribution in [0.3, 0.4) is 0 Å². The Morgan fingerprint density at radius 1 is 0.256 bits per heavy atom. The summed E-state index contributed by atoms with van der Waals surface area (Å²) in [7, 11) is 0. The van der Waals surface area contributed by atoms with Crippen molar-refractivity contribution < 1.29 is 51.9 Å². The molecule has 0 bridgehead atoms. The van der Waals surface area contributed by atoms with Crippen molar-refractivity contribution in [2.24, 2.45) is 0 Å². The molecule has 0 aromatic carbocycles. The van der Waals surface area contributed by atoms with Gasteiger partial charge in [-0.1, -0.05) is 107 Å². The second-order valence-corrected chi connectivity index (χ2v) is 11.3. The van der Waals surface area contributed by atoms with E-state index in [0.717, 1.165) is 0 Å². The minimum Gasteiger partial charge on any atom is -2.00 e. The number of rotatable bonds is 24. The van der Waals surface area contributed by atoms with Crippen LogP contribution in [0.4, 0.5) is 0 Å². The smallest absolute Gasteiger partial charge is 0.0786 e. The summed E-state index contributed by atoms with van der Waals surface area (Å²) in [5.74, 6) is 0. The van der Waals surface area contributed by atoms with Gasteiger partial charge in [0.15, 0.2) is 0 Å². The van der Waals surface area contributed by atoms with E-state index in [1.807, 2.05) is 0 Å². The van der Waals surface area contributed by atoms with Crippen LogP contribution >= 0.6 is 0 Å².